The summed E-state index contributed by atoms with van der Waals surface area (Å²) in [4.78, 5) is 28.2. The smallest absolute Gasteiger partial charge is 0.243 e. The molecule has 2 rings (SSSR count). The molecule has 0 aliphatic carbocycles. The Bertz CT molecular complexity index is 963. The highest BCUT2D eigenvalue weighted by atomic mass is 35.5. The molecule has 34 heavy (non-hydrogen) atoms. The van der Waals surface area contributed by atoms with Crippen molar-refractivity contribution in [2.75, 3.05) is 14.2 Å². The number of carbonyl (C=O) groups is 2. The summed E-state index contributed by atoms with van der Waals surface area (Å²) >= 11 is 12.8. The molecule has 2 aromatic rings. The second-order valence-electron chi connectivity index (χ2n) is 8.15. The first kappa shape index (κ1) is 27.8. The molecule has 8 heteroatoms. The minimum absolute atomic E-state index is 0.00849. The molecule has 0 unspecified atom stereocenters. The predicted molar refractivity (Wildman–Crippen MR) is 137 cm³/mol. The number of methoxy groups -OCH3 is 2. The van der Waals surface area contributed by atoms with Gasteiger partial charge in [0.25, 0.3) is 0 Å². The highest BCUT2D eigenvalue weighted by Crippen LogP contribution is 2.29. The Hall–Kier alpha value is -2.44. The summed E-state index contributed by atoms with van der Waals surface area (Å²) < 4.78 is 10.7. The fraction of sp³-hybridized carbons (Fsp3) is 0.462. The molecule has 1 N–H and O–H groups in total. The first-order valence-electron chi connectivity index (χ1n) is 11.5. The molecule has 2 aromatic carbocycles. The van der Waals surface area contributed by atoms with Gasteiger partial charge in [-0.2, -0.15) is 0 Å². The highest BCUT2D eigenvalue weighted by molar-refractivity contribution is 6.36. The fourth-order valence-electron chi connectivity index (χ4n) is 3.65. The number of nitrogens with zero attached hydrogens (tertiary/aromatic N) is 1. The van der Waals surface area contributed by atoms with E-state index in [0.717, 1.165) is 12.0 Å². The number of benzene rings is 2. The van der Waals surface area contributed by atoms with Gasteiger partial charge in [-0.1, -0.05) is 49.2 Å². The summed E-state index contributed by atoms with van der Waals surface area (Å²) in [5, 5.41) is 3.92. The molecule has 0 heterocycles. The van der Waals surface area contributed by atoms with E-state index < -0.39 is 6.04 Å². The molecule has 0 fully saturated rings. The zero-order valence-electron chi connectivity index (χ0n) is 20.5. The molecule has 2 atom stereocenters. The predicted octanol–water partition coefficient (Wildman–Crippen LogP) is 5.67. The number of amides is 2. The average molecular weight is 509 g/mol. The van der Waals surface area contributed by atoms with Crippen molar-refractivity contribution in [3.05, 3.63) is 57.6 Å². The molecule has 0 saturated heterocycles. The van der Waals surface area contributed by atoms with E-state index in [1.54, 1.807) is 37.3 Å². The molecular formula is C26H34Cl2N2O4. The minimum atomic E-state index is -0.640. The first-order valence-corrected chi connectivity index (χ1v) is 12.2. The number of ether oxygens (including phenoxy) is 2. The van der Waals surface area contributed by atoms with Crippen molar-refractivity contribution in [1.29, 1.82) is 0 Å². The van der Waals surface area contributed by atoms with Gasteiger partial charge in [-0.05, 0) is 56.0 Å². The summed E-state index contributed by atoms with van der Waals surface area (Å²) in [5.74, 6) is 0.892. The van der Waals surface area contributed by atoms with Gasteiger partial charge in [-0.25, -0.2) is 0 Å². The number of rotatable bonds is 12. The number of carbonyl (C=O) groups excluding carboxylic acids is 2. The Morgan fingerprint density at radius 1 is 1.00 bits per heavy atom. The lowest BCUT2D eigenvalue weighted by molar-refractivity contribution is -0.141. The van der Waals surface area contributed by atoms with Gasteiger partial charge >= 0.3 is 0 Å². The van der Waals surface area contributed by atoms with E-state index in [0.29, 0.717) is 39.9 Å². The highest BCUT2D eigenvalue weighted by Gasteiger charge is 2.30. The van der Waals surface area contributed by atoms with E-state index in [1.807, 2.05) is 39.0 Å². The molecule has 0 bridgehead atoms. The van der Waals surface area contributed by atoms with Gasteiger partial charge in [0, 0.05) is 34.6 Å². The monoisotopic (exact) mass is 508 g/mol. The quantitative estimate of drug-likeness (QED) is 0.401. The second-order valence-corrected chi connectivity index (χ2v) is 8.97. The van der Waals surface area contributed by atoms with Gasteiger partial charge in [0.2, 0.25) is 11.8 Å². The SMILES string of the molecule is CC[C@@H](C)NC(=O)[C@@H](CC)N(Cc1c(Cl)cccc1Cl)C(=O)CCc1ccc(OC)c(OC)c1. The number of aryl methyl sites for hydroxylation is 1. The standard InChI is InChI=1S/C26H34Cl2N2O4/c1-6-17(3)29-26(32)22(7-2)30(16-19-20(27)9-8-10-21(19)28)25(31)14-12-18-11-13-23(33-4)24(15-18)34-5/h8-11,13,15,17,22H,6-7,12,14,16H2,1-5H3,(H,29,32)/t17-,22-/m1/s1. The van der Waals surface area contributed by atoms with Gasteiger partial charge in [-0.3, -0.25) is 9.59 Å². The van der Waals surface area contributed by atoms with Gasteiger partial charge in [0.05, 0.1) is 14.2 Å². The van der Waals surface area contributed by atoms with Crippen molar-refractivity contribution in [3.63, 3.8) is 0 Å². The third-order valence-electron chi connectivity index (χ3n) is 5.85. The normalized spacial score (nSPS) is 12.6. The Labute approximate surface area is 212 Å². The molecule has 0 aromatic heterocycles. The third-order valence-corrected chi connectivity index (χ3v) is 6.56. The summed E-state index contributed by atoms with van der Waals surface area (Å²) in [7, 11) is 3.15. The maximum absolute atomic E-state index is 13.5. The van der Waals surface area contributed by atoms with E-state index >= 15 is 0 Å². The topological polar surface area (TPSA) is 67.9 Å². The Morgan fingerprint density at radius 2 is 1.65 bits per heavy atom. The summed E-state index contributed by atoms with van der Waals surface area (Å²) in [6, 6.07) is 10.2. The van der Waals surface area contributed by atoms with Crippen LogP contribution in [0.5, 0.6) is 11.5 Å². The van der Waals surface area contributed by atoms with Crippen LogP contribution in [0, 0.1) is 0 Å². The van der Waals surface area contributed by atoms with Crippen LogP contribution in [-0.4, -0.2) is 43.0 Å². The number of hydrogen-bond acceptors (Lipinski definition) is 4. The molecule has 0 aliphatic heterocycles. The number of hydrogen-bond donors (Lipinski definition) is 1. The molecule has 0 spiro atoms. The van der Waals surface area contributed by atoms with Crippen LogP contribution < -0.4 is 14.8 Å². The molecule has 0 saturated carbocycles. The molecular weight excluding hydrogens is 475 g/mol. The minimum Gasteiger partial charge on any atom is -0.493 e. The van der Waals surface area contributed by atoms with Gasteiger partial charge in [0.15, 0.2) is 11.5 Å². The molecule has 186 valence electrons. The number of halogens is 2. The maximum Gasteiger partial charge on any atom is 0.243 e. The Morgan fingerprint density at radius 3 is 2.21 bits per heavy atom. The summed E-state index contributed by atoms with van der Waals surface area (Å²) in [6.07, 6.45) is 1.96. The van der Waals surface area contributed by atoms with Crippen LogP contribution in [0.1, 0.15) is 51.2 Å². The van der Waals surface area contributed by atoms with Gasteiger partial charge < -0.3 is 19.7 Å². The zero-order valence-corrected chi connectivity index (χ0v) is 22.0. The van der Waals surface area contributed by atoms with E-state index in [2.05, 4.69) is 5.32 Å². The molecule has 0 radical (unpaired) electrons. The lowest BCUT2D eigenvalue weighted by Crippen LogP contribution is -2.50. The van der Waals surface area contributed by atoms with Crippen molar-refractivity contribution in [1.82, 2.24) is 10.2 Å². The van der Waals surface area contributed by atoms with E-state index in [4.69, 9.17) is 32.7 Å². The molecule has 6 nitrogen and oxygen atoms in total. The second kappa shape index (κ2) is 13.4. The maximum atomic E-state index is 13.5. The molecule has 2 amide bonds. The zero-order chi connectivity index (χ0) is 25.3. The van der Waals surface area contributed by atoms with Crippen molar-refractivity contribution in [2.45, 2.75) is 65.1 Å². The van der Waals surface area contributed by atoms with Crippen LogP contribution in [0.3, 0.4) is 0 Å². The van der Waals surface area contributed by atoms with E-state index in [-0.39, 0.29) is 30.8 Å². The summed E-state index contributed by atoms with van der Waals surface area (Å²) in [5.41, 5.74) is 1.55. The van der Waals surface area contributed by atoms with Crippen molar-refractivity contribution in [2.24, 2.45) is 0 Å². The van der Waals surface area contributed by atoms with Gasteiger partial charge in [0.1, 0.15) is 6.04 Å². The van der Waals surface area contributed by atoms with Crippen LogP contribution in [0.4, 0.5) is 0 Å². The molecule has 0 aliphatic rings. The van der Waals surface area contributed by atoms with Crippen LogP contribution in [-0.2, 0) is 22.6 Å². The number of nitrogens with one attached hydrogen (secondary N) is 1. The Kier molecular flexibility index (Phi) is 11.0. The van der Waals surface area contributed by atoms with Crippen molar-refractivity contribution in [3.8, 4) is 11.5 Å². The van der Waals surface area contributed by atoms with Crippen LogP contribution in [0.15, 0.2) is 36.4 Å². The van der Waals surface area contributed by atoms with Crippen molar-refractivity contribution < 1.29 is 19.1 Å². The lowest BCUT2D eigenvalue weighted by atomic mass is 10.0. The summed E-state index contributed by atoms with van der Waals surface area (Å²) in [6.45, 7) is 5.99. The van der Waals surface area contributed by atoms with Crippen molar-refractivity contribution >= 4 is 35.0 Å². The van der Waals surface area contributed by atoms with Gasteiger partial charge in [-0.15, -0.1) is 0 Å². The third kappa shape index (κ3) is 7.28. The van der Waals surface area contributed by atoms with E-state index in [1.165, 1.54) is 0 Å². The fourth-order valence-corrected chi connectivity index (χ4v) is 4.16. The van der Waals surface area contributed by atoms with Crippen LogP contribution >= 0.6 is 23.2 Å². The average Bonchev–Trinajstić information content (AvgIpc) is 2.83. The van der Waals surface area contributed by atoms with Crippen LogP contribution in [0.25, 0.3) is 0 Å². The van der Waals surface area contributed by atoms with Crippen LogP contribution in [0.2, 0.25) is 10.0 Å². The first-order chi connectivity index (χ1) is 16.2. The Balaban J connectivity index is 2.30. The largest absolute Gasteiger partial charge is 0.493 e. The van der Waals surface area contributed by atoms with E-state index in [9.17, 15) is 9.59 Å². The lowest BCUT2D eigenvalue weighted by Gasteiger charge is -2.32.